The Morgan fingerprint density at radius 2 is 1.91 bits per heavy atom. The van der Waals surface area contributed by atoms with Crippen molar-refractivity contribution in [3.8, 4) is 11.5 Å². The molecule has 0 atom stereocenters. The number of rotatable bonds is 2. The fraction of sp³-hybridized carbons (Fsp3) is 0.125. The lowest BCUT2D eigenvalue weighted by Crippen LogP contribution is -2.35. The van der Waals surface area contributed by atoms with Crippen molar-refractivity contribution in [3.05, 3.63) is 67.8 Å². The molecule has 116 valence electrons. The van der Waals surface area contributed by atoms with Crippen LogP contribution in [0.4, 0.5) is 0 Å². The first-order valence-corrected chi connectivity index (χ1v) is 7.30. The molecule has 2 heterocycles. The minimum Gasteiger partial charge on any atom is -0.454 e. The molecule has 1 N–H and O–H groups in total. The molecule has 2 aromatic carbocycles. The van der Waals surface area contributed by atoms with Gasteiger partial charge in [-0.25, -0.2) is 4.79 Å². The monoisotopic (exact) mass is 330 g/mol. The molecule has 4 rings (SSSR count). The number of aromatic amines is 1. The van der Waals surface area contributed by atoms with E-state index in [2.05, 4.69) is 4.98 Å². The summed E-state index contributed by atoms with van der Waals surface area (Å²) in [5.74, 6) is 1.27. The Morgan fingerprint density at radius 3 is 2.78 bits per heavy atom. The van der Waals surface area contributed by atoms with Gasteiger partial charge in [0, 0.05) is 5.02 Å². The summed E-state index contributed by atoms with van der Waals surface area (Å²) in [5.41, 5.74) is 0.352. The van der Waals surface area contributed by atoms with Gasteiger partial charge in [-0.3, -0.25) is 9.36 Å². The zero-order valence-corrected chi connectivity index (χ0v) is 12.6. The smallest absolute Gasteiger partial charge is 0.329 e. The first-order valence-electron chi connectivity index (χ1n) is 6.93. The summed E-state index contributed by atoms with van der Waals surface area (Å²) in [5, 5.41) is 0.871. The van der Waals surface area contributed by atoms with Crippen LogP contribution in [0.2, 0.25) is 5.02 Å². The molecule has 1 aliphatic rings. The Balaban J connectivity index is 1.81. The number of aromatic nitrogens is 2. The zero-order chi connectivity index (χ0) is 16.0. The van der Waals surface area contributed by atoms with Crippen LogP contribution in [0.3, 0.4) is 0 Å². The van der Waals surface area contributed by atoms with Gasteiger partial charge >= 0.3 is 5.69 Å². The van der Waals surface area contributed by atoms with Gasteiger partial charge in [0.05, 0.1) is 17.4 Å². The average molecular weight is 331 g/mol. The molecule has 0 radical (unpaired) electrons. The van der Waals surface area contributed by atoms with Gasteiger partial charge in [-0.15, -0.1) is 0 Å². The maximum Gasteiger partial charge on any atom is 0.329 e. The molecule has 0 fully saturated rings. The second-order valence-corrected chi connectivity index (χ2v) is 5.64. The molecule has 0 saturated heterocycles. The molecule has 0 saturated carbocycles. The fourth-order valence-electron chi connectivity index (χ4n) is 2.59. The van der Waals surface area contributed by atoms with Gasteiger partial charge in [-0.05, 0) is 35.9 Å². The first-order chi connectivity index (χ1) is 11.1. The van der Waals surface area contributed by atoms with Crippen molar-refractivity contribution in [2.45, 2.75) is 6.54 Å². The van der Waals surface area contributed by atoms with Gasteiger partial charge in [-0.2, -0.15) is 0 Å². The van der Waals surface area contributed by atoms with E-state index in [9.17, 15) is 9.59 Å². The van der Waals surface area contributed by atoms with E-state index < -0.39 is 5.69 Å². The highest BCUT2D eigenvalue weighted by Gasteiger charge is 2.14. The second-order valence-electron chi connectivity index (χ2n) is 5.20. The predicted octanol–water partition coefficient (Wildman–Crippen LogP) is 2.12. The number of halogens is 1. The highest BCUT2D eigenvalue weighted by molar-refractivity contribution is 6.31. The van der Waals surface area contributed by atoms with Crippen LogP contribution >= 0.6 is 11.6 Å². The molecule has 0 spiro atoms. The Labute approximate surface area is 134 Å². The van der Waals surface area contributed by atoms with Gasteiger partial charge in [0.2, 0.25) is 6.79 Å². The molecule has 1 aromatic heterocycles. The SMILES string of the molecule is O=c1[nH]c2cc(Cl)ccc2c(=O)n1Cc1ccc2c(c1)OCO2. The highest BCUT2D eigenvalue weighted by atomic mass is 35.5. The number of hydrogen-bond acceptors (Lipinski definition) is 4. The van der Waals surface area contributed by atoms with Crippen LogP contribution < -0.4 is 20.7 Å². The third-order valence-electron chi connectivity index (χ3n) is 3.72. The van der Waals surface area contributed by atoms with Crippen LogP contribution in [0.15, 0.2) is 46.0 Å². The third kappa shape index (κ3) is 2.37. The quantitative estimate of drug-likeness (QED) is 0.781. The van der Waals surface area contributed by atoms with Crippen molar-refractivity contribution in [1.82, 2.24) is 9.55 Å². The van der Waals surface area contributed by atoms with Crippen LogP contribution in [0.1, 0.15) is 5.56 Å². The lowest BCUT2D eigenvalue weighted by molar-refractivity contribution is 0.174. The van der Waals surface area contributed by atoms with Crippen molar-refractivity contribution in [3.63, 3.8) is 0 Å². The van der Waals surface area contributed by atoms with Gasteiger partial charge < -0.3 is 14.5 Å². The van der Waals surface area contributed by atoms with E-state index in [1.165, 1.54) is 0 Å². The van der Waals surface area contributed by atoms with Crippen LogP contribution in [-0.4, -0.2) is 16.3 Å². The normalized spacial score (nSPS) is 12.7. The van der Waals surface area contributed by atoms with Crippen LogP contribution in [-0.2, 0) is 6.54 Å². The summed E-state index contributed by atoms with van der Waals surface area (Å²) in [6, 6.07) is 10.1. The largest absolute Gasteiger partial charge is 0.454 e. The summed E-state index contributed by atoms with van der Waals surface area (Å²) in [7, 11) is 0. The maximum atomic E-state index is 12.5. The number of ether oxygens (including phenoxy) is 2. The van der Waals surface area contributed by atoms with E-state index in [-0.39, 0.29) is 18.9 Å². The van der Waals surface area contributed by atoms with E-state index in [4.69, 9.17) is 21.1 Å². The van der Waals surface area contributed by atoms with Gasteiger partial charge in [-0.1, -0.05) is 17.7 Å². The standard InChI is InChI=1S/C16H11ClN2O4/c17-10-2-3-11-12(6-10)18-16(21)19(15(11)20)7-9-1-4-13-14(5-9)23-8-22-13/h1-6H,7-8H2,(H,18,21). The molecule has 0 unspecified atom stereocenters. The molecule has 0 amide bonds. The van der Waals surface area contributed by atoms with Crippen molar-refractivity contribution in [2.75, 3.05) is 6.79 Å². The van der Waals surface area contributed by atoms with Gasteiger partial charge in [0.1, 0.15) is 0 Å². The topological polar surface area (TPSA) is 73.3 Å². The minimum absolute atomic E-state index is 0.142. The van der Waals surface area contributed by atoms with Crippen LogP contribution in [0.25, 0.3) is 10.9 Å². The molecule has 6 nitrogen and oxygen atoms in total. The number of benzene rings is 2. The summed E-state index contributed by atoms with van der Waals surface area (Å²) in [4.78, 5) is 27.4. The van der Waals surface area contributed by atoms with E-state index in [1.807, 2.05) is 0 Å². The lowest BCUT2D eigenvalue weighted by atomic mass is 10.2. The number of H-pyrrole nitrogens is 1. The Morgan fingerprint density at radius 1 is 1.09 bits per heavy atom. The van der Waals surface area contributed by atoms with E-state index >= 15 is 0 Å². The Kier molecular flexibility index (Phi) is 3.12. The maximum absolute atomic E-state index is 12.5. The second kappa shape index (κ2) is 5.17. The molecular weight excluding hydrogens is 320 g/mol. The summed E-state index contributed by atoms with van der Waals surface area (Å²) >= 11 is 5.89. The fourth-order valence-corrected chi connectivity index (χ4v) is 2.76. The molecule has 0 bridgehead atoms. The molecule has 3 aromatic rings. The van der Waals surface area contributed by atoms with Crippen LogP contribution in [0, 0.1) is 0 Å². The molecule has 7 heteroatoms. The number of fused-ring (bicyclic) bond motifs is 2. The van der Waals surface area contributed by atoms with Crippen molar-refractivity contribution in [2.24, 2.45) is 0 Å². The van der Waals surface area contributed by atoms with Crippen molar-refractivity contribution >= 4 is 22.5 Å². The van der Waals surface area contributed by atoms with E-state index in [0.717, 1.165) is 10.1 Å². The van der Waals surface area contributed by atoms with E-state index in [0.29, 0.717) is 27.4 Å². The van der Waals surface area contributed by atoms with Crippen molar-refractivity contribution in [1.29, 1.82) is 0 Å². The molecule has 0 aliphatic carbocycles. The third-order valence-corrected chi connectivity index (χ3v) is 3.96. The first kappa shape index (κ1) is 13.9. The van der Waals surface area contributed by atoms with Crippen LogP contribution in [0.5, 0.6) is 11.5 Å². The van der Waals surface area contributed by atoms with Crippen molar-refractivity contribution < 1.29 is 9.47 Å². The zero-order valence-electron chi connectivity index (χ0n) is 11.8. The highest BCUT2D eigenvalue weighted by Crippen LogP contribution is 2.32. The lowest BCUT2D eigenvalue weighted by Gasteiger charge is -2.07. The number of hydrogen-bond donors (Lipinski definition) is 1. The number of nitrogens with zero attached hydrogens (tertiary/aromatic N) is 1. The van der Waals surface area contributed by atoms with Gasteiger partial charge in [0.25, 0.3) is 5.56 Å². The summed E-state index contributed by atoms with van der Waals surface area (Å²) in [6.07, 6.45) is 0. The molecular formula is C16H11ClN2O4. The molecule has 1 aliphatic heterocycles. The number of nitrogens with one attached hydrogen (secondary N) is 1. The van der Waals surface area contributed by atoms with Gasteiger partial charge in [0.15, 0.2) is 11.5 Å². The Hall–Kier alpha value is -2.73. The average Bonchev–Trinajstić information content (AvgIpc) is 2.98. The minimum atomic E-state index is -0.484. The van der Waals surface area contributed by atoms with E-state index in [1.54, 1.807) is 36.4 Å². The summed E-state index contributed by atoms with van der Waals surface area (Å²) in [6.45, 7) is 0.319. The molecule has 23 heavy (non-hydrogen) atoms. The Bertz CT molecular complexity index is 1040. The summed E-state index contributed by atoms with van der Waals surface area (Å²) < 4.78 is 11.7. The predicted molar refractivity (Wildman–Crippen MR) is 85.5 cm³/mol.